The molecule has 1 aromatic rings. The predicted octanol–water partition coefficient (Wildman–Crippen LogP) is 1.53. The minimum Gasteiger partial charge on any atom is -0.330 e. The van der Waals surface area contributed by atoms with E-state index in [4.69, 9.17) is 0 Å². The molecular formula is C10H9F3N2O. The van der Waals surface area contributed by atoms with Gasteiger partial charge in [-0.1, -0.05) is 6.07 Å². The topological polar surface area (TPSA) is 33.2 Å². The lowest BCUT2D eigenvalue weighted by atomic mass is 10.1. The summed E-state index contributed by atoms with van der Waals surface area (Å²) in [6, 6.07) is 3.35. The molecule has 1 aromatic heterocycles. The van der Waals surface area contributed by atoms with Crippen molar-refractivity contribution < 1.29 is 18.0 Å². The third-order valence-corrected chi connectivity index (χ3v) is 2.49. The first-order valence-electron chi connectivity index (χ1n) is 4.77. The summed E-state index contributed by atoms with van der Waals surface area (Å²) >= 11 is 0. The number of hydrogen-bond acceptors (Lipinski definition) is 2. The Bertz CT molecular complexity index is 417. The molecule has 0 aliphatic carbocycles. The number of amides is 1. The number of rotatable bonds is 0. The number of hydrogen-bond donors (Lipinski definition) is 0. The molecule has 1 aliphatic heterocycles. The number of aromatic nitrogens is 1. The van der Waals surface area contributed by atoms with Gasteiger partial charge in [0.25, 0.3) is 0 Å². The molecule has 2 heterocycles. The average Bonchev–Trinajstić information content (AvgIpc) is 2.26. The van der Waals surface area contributed by atoms with Crippen LogP contribution in [0.1, 0.15) is 11.3 Å². The molecule has 16 heavy (non-hydrogen) atoms. The highest BCUT2D eigenvalue weighted by Gasteiger charge is 2.43. The highest BCUT2D eigenvalue weighted by molar-refractivity contribution is 5.82. The van der Waals surface area contributed by atoms with Gasteiger partial charge < -0.3 is 4.90 Å². The molecule has 2 rings (SSSR count). The van der Waals surface area contributed by atoms with Crippen molar-refractivity contribution in [3.8, 4) is 0 Å². The second kappa shape index (κ2) is 3.77. The normalized spacial score (nSPS) is 15.8. The standard InChI is InChI=1S/C10H9F3N2O/c11-10(12,13)9(16)15-5-3-8-7(6-15)2-1-4-14-8/h1-2,4H,3,5-6H2. The van der Waals surface area contributed by atoms with Crippen molar-refractivity contribution in [1.82, 2.24) is 9.88 Å². The van der Waals surface area contributed by atoms with E-state index < -0.39 is 12.1 Å². The molecule has 0 unspecified atom stereocenters. The van der Waals surface area contributed by atoms with Crippen LogP contribution in [0.25, 0.3) is 0 Å². The van der Waals surface area contributed by atoms with Gasteiger partial charge in [-0.2, -0.15) is 13.2 Å². The number of nitrogens with zero attached hydrogens (tertiary/aromatic N) is 2. The van der Waals surface area contributed by atoms with Gasteiger partial charge in [0.05, 0.1) is 0 Å². The van der Waals surface area contributed by atoms with Gasteiger partial charge in [-0.25, -0.2) is 0 Å². The van der Waals surface area contributed by atoms with Crippen molar-refractivity contribution in [3.05, 3.63) is 29.6 Å². The van der Waals surface area contributed by atoms with Gasteiger partial charge in [0.1, 0.15) is 0 Å². The Labute approximate surface area is 89.9 Å². The van der Waals surface area contributed by atoms with Crippen molar-refractivity contribution in [3.63, 3.8) is 0 Å². The van der Waals surface area contributed by atoms with E-state index in [9.17, 15) is 18.0 Å². The number of pyridine rings is 1. The third-order valence-electron chi connectivity index (χ3n) is 2.49. The molecule has 1 aliphatic rings. The maximum Gasteiger partial charge on any atom is 0.471 e. The Balaban J connectivity index is 2.17. The molecule has 86 valence electrons. The van der Waals surface area contributed by atoms with E-state index >= 15 is 0 Å². The van der Waals surface area contributed by atoms with Gasteiger partial charge in [-0.05, 0) is 11.6 Å². The highest BCUT2D eigenvalue weighted by Crippen LogP contribution is 2.23. The Morgan fingerprint density at radius 3 is 2.88 bits per heavy atom. The molecule has 6 heteroatoms. The highest BCUT2D eigenvalue weighted by atomic mass is 19.4. The zero-order valence-electron chi connectivity index (χ0n) is 8.29. The van der Waals surface area contributed by atoms with Crippen LogP contribution in [0.5, 0.6) is 0 Å². The van der Waals surface area contributed by atoms with E-state index in [-0.39, 0.29) is 13.1 Å². The van der Waals surface area contributed by atoms with Crippen LogP contribution in [0.2, 0.25) is 0 Å². The van der Waals surface area contributed by atoms with Crippen LogP contribution < -0.4 is 0 Å². The van der Waals surface area contributed by atoms with Crippen LogP contribution in [-0.4, -0.2) is 28.5 Å². The first kappa shape index (κ1) is 10.9. The Morgan fingerprint density at radius 1 is 1.44 bits per heavy atom. The zero-order valence-corrected chi connectivity index (χ0v) is 8.29. The van der Waals surface area contributed by atoms with Crippen LogP contribution >= 0.6 is 0 Å². The van der Waals surface area contributed by atoms with Crippen LogP contribution in [0.15, 0.2) is 18.3 Å². The van der Waals surface area contributed by atoms with Crippen molar-refractivity contribution in [2.75, 3.05) is 6.54 Å². The van der Waals surface area contributed by atoms with Crippen LogP contribution in [0.4, 0.5) is 13.2 Å². The molecular weight excluding hydrogens is 221 g/mol. The summed E-state index contributed by atoms with van der Waals surface area (Å²) in [5.74, 6) is -1.78. The fraction of sp³-hybridized carbons (Fsp3) is 0.400. The fourth-order valence-electron chi connectivity index (χ4n) is 1.72. The Kier molecular flexibility index (Phi) is 2.57. The molecule has 0 N–H and O–H groups in total. The Morgan fingerprint density at radius 2 is 2.19 bits per heavy atom. The summed E-state index contributed by atoms with van der Waals surface area (Å²) in [5, 5.41) is 0. The smallest absolute Gasteiger partial charge is 0.330 e. The second-order valence-electron chi connectivity index (χ2n) is 3.58. The first-order valence-corrected chi connectivity index (χ1v) is 4.77. The summed E-state index contributed by atoms with van der Waals surface area (Å²) in [5.41, 5.74) is 1.46. The van der Waals surface area contributed by atoms with E-state index in [0.29, 0.717) is 12.0 Å². The third kappa shape index (κ3) is 2.00. The van der Waals surface area contributed by atoms with Gasteiger partial charge in [-0.3, -0.25) is 9.78 Å². The average molecular weight is 230 g/mol. The number of carbonyl (C=O) groups excluding carboxylic acids is 1. The summed E-state index contributed by atoms with van der Waals surface area (Å²) in [4.78, 5) is 15.9. The maximum absolute atomic E-state index is 12.2. The molecule has 0 fully saturated rings. The van der Waals surface area contributed by atoms with Crippen molar-refractivity contribution in [1.29, 1.82) is 0 Å². The quantitative estimate of drug-likeness (QED) is 0.677. The molecule has 0 bridgehead atoms. The van der Waals surface area contributed by atoms with Gasteiger partial charge in [0, 0.05) is 31.4 Å². The number of halogens is 3. The minimum absolute atomic E-state index is 0.0124. The predicted molar refractivity (Wildman–Crippen MR) is 49.4 cm³/mol. The SMILES string of the molecule is O=C(N1CCc2ncccc2C1)C(F)(F)F. The van der Waals surface area contributed by atoms with Crippen LogP contribution in [0.3, 0.4) is 0 Å². The molecule has 0 radical (unpaired) electrons. The summed E-state index contributed by atoms with van der Waals surface area (Å²) < 4.78 is 36.6. The molecule has 1 amide bonds. The lowest BCUT2D eigenvalue weighted by Crippen LogP contribution is -2.43. The molecule has 3 nitrogen and oxygen atoms in total. The van der Waals surface area contributed by atoms with Gasteiger partial charge in [0.15, 0.2) is 0 Å². The van der Waals surface area contributed by atoms with Crippen molar-refractivity contribution >= 4 is 5.91 Å². The van der Waals surface area contributed by atoms with Crippen molar-refractivity contribution in [2.24, 2.45) is 0 Å². The van der Waals surface area contributed by atoms with Crippen molar-refractivity contribution in [2.45, 2.75) is 19.1 Å². The van der Waals surface area contributed by atoms with E-state index in [1.165, 1.54) is 0 Å². The monoisotopic (exact) mass is 230 g/mol. The van der Waals surface area contributed by atoms with Gasteiger partial charge in [0.2, 0.25) is 0 Å². The number of fused-ring (bicyclic) bond motifs is 1. The molecule has 0 atom stereocenters. The van der Waals surface area contributed by atoms with Crippen LogP contribution in [-0.2, 0) is 17.8 Å². The minimum atomic E-state index is -4.79. The summed E-state index contributed by atoms with van der Waals surface area (Å²) in [6.45, 7) is 0.0594. The number of alkyl halides is 3. The van der Waals surface area contributed by atoms with Gasteiger partial charge >= 0.3 is 12.1 Å². The number of carbonyl (C=O) groups is 1. The lowest BCUT2D eigenvalue weighted by Gasteiger charge is -2.28. The van der Waals surface area contributed by atoms with E-state index in [1.807, 2.05) is 0 Å². The summed E-state index contributed by atoms with van der Waals surface area (Å²) in [6.07, 6.45) is -2.82. The molecule has 0 saturated heterocycles. The fourth-order valence-corrected chi connectivity index (χ4v) is 1.72. The van der Waals surface area contributed by atoms with E-state index in [0.717, 1.165) is 10.6 Å². The van der Waals surface area contributed by atoms with Gasteiger partial charge in [-0.15, -0.1) is 0 Å². The largest absolute Gasteiger partial charge is 0.471 e. The maximum atomic E-state index is 12.2. The lowest BCUT2D eigenvalue weighted by molar-refractivity contribution is -0.186. The Hall–Kier alpha value is -1.59. The molecule has 0 spiro atoms. The second-order valence-corrected chi connectivity index (χ2v) is 3.58. The van der Waals surface area contributed by atoms with E-state index in [1.54, 1.807) is 18.3 Å². The molecule has 0 saturated carbocycles. The first-order chi connectivity index (χ1) is 7.48. The summed E-state index contributed by atoms with van der Waals surface area (Å²) in [7, 11) is 0. The molecule has 0 aromatic carbocycles. The van der Waals surface area contributed by atoms with Crippen LogP contribution in [0, 0.1) is 0 Å². The van der Waals surface area contributed by atoms with E-state index in [2.05, 4.69) is 4.98 Å². The zero-order chi connectivity index (χ0) is 11.8.